The molecule has 1 N–H and O–H groups in total. The summed E-state index contributed by atoms with van der Waals surface area (Å²) < 4.78 is 19.2. The molecular formula is C17H26FN3O2. The summed E-state index contributed by atoms with van der Waals surface area (Å²) in [4.78, 5) is 18.1. The number of piperidine rings is 1. The van der Waals surface area contributed by atoms with Crippen molar-refractivity contribution in [2.75, 3.05) is 31.1 Å². The van der Waals surface area contributed by atoms with E-state index in [9.17, 15) is 9.18 Å². The van der Waals surface area contributed by atoms with E-state index in [1.54, 1.807) is 12.3 Å². The number of carbonyl (C=O) groups excluding carboxylic acids is 1. The van der Waals surface area contributed by atoms with Crippen LogP contribution in [0.15, 0.2) is 18.3 Å². The summed E-state index contributed by atoms with van der Waals surface area (Å²) in [5.74, 6) is 0.178. The number of amides is 1. The number of nitrogens with zero attached hydrogens (tertiary/aromatic N) is 2. The molecule has 6 heteroatoms. The van der Waals surface area contributed by atoms with Crippen molar-refractivity contribution in [3.63, 3.8) is 0 Å². The van der Waals surface area contributed by atoms with Gasteiger partial charge in [0.15, 0.2) is 11.6 Å². The van der Waals surface area contributed by atoms with Gasteiger partial charge >= 0.3 is 0 Å². The van der Waals surface area contributed by atoms with Gasteiger partial charge in [0.1, 0.15) is 0 Å². The molecule has 0 unspecified atom stereocenters. The van der Waals surface area contributed by atoms with E-state index in [1.165, 1.54) is 6.07 Å². The molecule has 0 aliphatic carbocycles. The Kier molecular flexibility index (Phi) is 6.77. The molecule has 1 fully saturated rings. The molecule has 0 bridgehead atoms. The molecule has 1 aliphatic rings. The number of anilines is 1. The minimum Gasteiger partial charge on any atom is -0.379 e. The van der Waals surface area contributed by atoms with Gasteiger partial charge in [-0.1, -0.05) is 0 Å². The van der Waals surface area contributed by atoms with Crippen LogP contribution in [0.3, 0.4) is 0 Å². The highest BCUT2D eigenvalue weighted by Crippen LogP contribution is 2.23. The number of pyridine rings is 1. The maximum Gasteiger partial charge on any atom is 0.223 e. The summed E-state index contributed by atoms with van der Waals surface area (Å²) in [6.45, 7) is 6.61. The summed E-state index contributed by atoms with van der Waals surface area (Å²) in [7, 11) is 0. The maximum absolute atomic E-state index is 13.7. The molecule has 1 aliphatic heterocycles. The predicted octanol–water partition coefficient (Wildman–Crippen LogP) is 2.37. The molecule has 0 atom stereocenters. The number of rotatable bonds is 7. The van der Waals surface area contributed by atoms with Crippen molar-refractivity contribution in [1.82, 2.24) is 10.3 Å². The Bertz CT molecular complexity index is 502. The lowest BCUT2D eigenvalue weighted by molar-refractivity contribution is -0.125. The van der Waals surface area contributed by atoms with Crippen molar-refractivity contribution in [1.29, 1.82) is 0 Å². The first-order chi connectivity index (χ1) is 11.1. The van der Waals surface area contributed by atoms with Crippen LogP contribution in [0, 0.1) is 11.7 Å². The molecule has 0 saturated carbocycles. The molecule has 0 spiro atoms. The van der Waals surface area contributed by atoms with Gasteiger partial charge in [0.05, 0.1) is 6.10 Å². The molecule has 2 heterocycles. The SMILES string of the molecule is CC(C)OCCCNC(=O)C1CCN(c2ncccc2F)CC1. The zero-order chi connectivity index (χ0) is 16.7. The normalized spacial score (nSPS) is 15.9. The van der Waals surface area contributed by atoms with Gasteiger partial charge in [0.25, 0.3) is 0 Å². The van der Waals surface area contributed by atoms with Crippen LogP contribution >= 0.6 is 0 Å². The number of aromatic nitrogens is 1. The van der Waals surface area contributed by atoms with Gasteiger partial charge < -0.3 is 15.0 Å². The number of halogens is 1. The second-order valence-electron chi connectivity index (χ2n) is 6.13. The molecule has 0 radical (unpaired) electrons. The fourth-order valence-corrected chi connectivity index (χ4v) is 2.71. The molecule has 0 aromatic carbocycles. The highest BCUT2D eigenvalue weighted by Gasteiger charge is 2.26. The van der Waals surface area contributed by atoms with Gasteiger partial charge in [0.2, 0.25) is 5.91 Å². The largest absolute Gasteiger partial charge is 0.379 e. The van der Waals surface area contributed by atoms with Crippen molar-refractivity contribution >= 4 is 11.7 Å². The van der Waals surface area contributed by atoms with E-state index in [2.05, 4.69) is 10.3 Å². The van der Waals surface area contributed by atoms with Crippen LogP contribution < -0.4 is 10.2 Å². The van der Waals surface area contributed by atoms with Gasteiger partial charge in [-0.05, 0) is 45.2 Å². The topological polar surface area (TPSA) is 54.5 Å². The Morgan fingerprint density at radius 2 is 2.22 bits per heavy atom. The first-order valence-corrected chi connectivity index (χ1v) is 8.32. The maximum atomic E-state index is 13.7. The van der Waals surface area contributed by atoms with Gasteiger partial charge in [-0.2, -0.15) is 0 Å². The summed E-state index contributed by atoms with van der Waals surface area (Å²) in [6, 6.07) is 3.00. The first kappa shape index (κ1) is 17.7. The van der Waals surface area contributed by atoms with Gasteiger partial charge in [-0.25, -0.2) is 9.37 Å². The number of hydrogen-bond donors (Lipinski definition) is 1. The number of hydrogen-bond acceptors (Lipinski definition) is 4. The lowest BCUT2D eigenvalue weighted by Crippen LogP contribution is -2.41. The third-order valence-electron chi connectivity index (χ3n) is 3.98. The van der Waals surface area contributed by atoms with Crippen LogP contribution in [0.1, 0.15) is 33.1 Å². The summed E-state index contributed by atoms with van der Waals surface area (Å²) in [5, 5.41) is 2.96. The predicted molar refractivity (Wildman–Crippen MR) is 87.8 cm³/mol. The van der Waals surface area contributed by atoms with E-state index in [0.29, 0.717) is 32.1 Å². The van der Waals surface area contributed by atoms with Gasteiger partial charge in [0, 0.05) is 38.4 Å². The molecule has 128 valence electrons. The molecule has 1 aromatic rings. The van der Waals surface area contributed by atoms with Crippen LogP contribution in [0.4, 0.5) is 10.2 Å². The molecular weight excluding hydrogens is 297 g/mol. The Hall–Kier alpha value is -1.69. The van der Waals surface area contributed by atoms with E-state index in [0.717, 1.165) is 19.3 Å². The van der Waals surface area contributed by atoms with Crippen molar-refractivity contribution in [3.8, 4) is 0 Å². The lowest BCUT2D eigenvalue weighted by Gasteiger charge is -2.32. The molecule has 5 nitrogen and oxygen atoms in total. The Balaban J connectivity index is 1.70. The third kappa shape index (κ3) is 5.46. The molecule has 1 amide bonds. The van der Waals surface area contributed by atoms with Crippen LogP contribution in [-0.4, -0.2) is 43.2 Å². The average molecular weight is 323 g/mol. The third-order valence-corrected chi connectivity index (χ3v) is 3.98. The minimum atomic E-state index is -0.305. The van der Waals surface area contributed by atoms with Crippen molar-refractivity contribution in [2.45, 2.75) is 39.2 Å². The Morgan fingerprint density at radius 1 is 1.48 bits per heavy atom. The molecule has 1 saturated heterocycles. The van der Waals surface area contributed by atoms with E-state index < -0.39 is 0 Å². The van der Waals surface area contributed by atoms with Crippen LogP contribution in [-0.2, 0) is 9.53 Å². The van der Waals surface area contributed by atoms with Crippen LogP contribution in [0.5, 0.6) is 0 Å². The van der Waals surface area contributed by atoms with Crippen molar-refractivity contribution in [3.05, 3.63) is 24.1 Å². The Morgan fingerprint density at radius 3 is 2.87 bits per heavy atom. The molecule has 1 aromatic heterocycles. The van der Waals surface area contributed by atoms with Crippen molar-refractivity contribution in [2.24, 2.45) is 5.92 Å². The quantitative estimate of drug-likeness (QED) is 0.783. The van der Waals surface area contributed by atoms with Crippen LogP contribution in [0.2, 0.25) is 0 Å². The fourth-order valence-electron chi connectivity index (χ4n) is 2.71. The highest BCUT2D eigenvalue weighted by molar-refractivity contribution is 5.78. The van der Waals surface area contributed by atoms with Gasteiger partial charge in [-0.15, -0.1) is 0 Å². The van der Waals surface area contributed by atoms with Crippen LogP contribution in [0.25, 0.3) is 0 Å². The zero-order valence-electron chi connectivity index (χ0n) is 13.9. The summed E-state index contributed by atoms with van der Waals surface area (Å²) >= 11 is 0. The second-order valence-corrected chi connectivity index (χ2v) is 6.13. The Labute approximate surface area is 137 Å². The van der Waals surface area contributed by atoms with E-state index in [4.69, 9.17) is 4.74 Å². The monoisotopic (exact) mass is 323 g/mol. The minimum absolute atomic E-state index is 0.00374. The summed E-state index contributed by atoms with van der Waals surface area (Å²) in [5.41, 5.74) is 0. The number of carbonyl (C=O) groups is 1. The number of nitrogens with one attached hydrogen (secondary N) is 1. The first-order valence-electron chi connectivity index (χ1n) is 8.32. The van der Waals surface area contributed by atoms with E-state index in [-0.39, 0.29) is 23.7 Å². The molecule has 23 heavy (non-hydrogen) atoms. The zero-order valence-corrected chi connectivity index (χ0v) is 13.9. The fraction of sp³-hybridized carbons (Fsp3) is 0.647. The van der Waals surface area contributed by atoms with Crippen molar-refractivity contribution < 1.29 is 13.9 Å². The highest BCUT2D eigenvalue weighted by atomic mass is 19.1. The van der Waals surface area contributed by atoms with Gasteiger partial charge in [-0.3, -0.25) is 4.79 Å². The lowest BCUT2D eigenvalue weighted by atomic mass is 9.96. The van der Waals surface area contributed by atoms with E-state index >= 15 is 0 Å². The molecule has 2 rings (SSSR count). The van der Waals surface area contributed by atoms with E-state index in [1.807, 2.05) is 18.7 Å². The second kappa shape index (κ2) is 8.82. The standard InChI is InChI=1S/C17H26FN3O2/c1-13(2)23-12-4-9-20-17(22)14-6-10-21(11-7-14)16-15(18)5-3-8-19-16/h3,5,8,13-14H,4,6-7,9-12H2,1-2H3,(H,20,22). The number of ether oxygens (including phenoxy) is 1. The average Bonchev–Trinajstić information content (AvgIpc) is 2.55. The smallest absolute Gasteiger partial charge is 0.223 e. The summed E-state index contributed by atoms with van der Waals surface area (Å²) in [6.07, 6.45) is 4.09.